The Balaban J connectivity index is 0.000000806. The first-order valence-corrected chi connectivity index (χ1v) is 10.6. The zero-order valence-corrected chi connectivity index (χ0v) is 17.4. The van der Waals surface area contributed by atoms with Crippen molar-refractivity contribution in [1.29, 1.82) is 0 Å². The number of aromatic nitrogens is 1. The van der Waals surface area contributed by atoms with Crippen molar-refractivity contribution in [2.45, 2.75) is 57.9 Å². The molecular formula is C23H29N3O4. The lowest BCUT2D eigenvalue weighted by Crippen LogP contribution is -2.42. The van der Waals surface area contributed by atoms with Crippen molar-refractivity contribution in [2.24, 2.45) is 5.92 Å². The minimum Gasteiger partial charge on any atom is -0.491 e. The maximum Gasteiger partial charge on any atom is 0.373 e. The zero-order valence-electron chi connectivity index (χ0n) is 17.4. The average Bonchev–Trinajstić information content (AvgIpc) is 3.21. The second-order valence-electron chi connectivity index (χ2n) is 8.06. The highest BCUT2D eigenvalue weighted by Crippen LogP contribution is 2.32. The van der Waals surface area contributed by atoms with Gasteiger partial charge in [0.05, 0.1) is 16.9 Å². The van der Waals surface area contributed by atoms with Crippen LogP contribution in [0.15, 0.2) is 24.3 Å². The van der Waals surface area contributed by atoms with Gasteiger partial charge in [0.15, 0.2) is 0 Å². The maximum absolute atomic E-state index is 13.0. The van der Waals surface area contributed by atoms with Crippen LogP contribution in [0, 0.1) is 12.8 Å². The maximum atomic E-state index is 13.0. The first kappa shape index (κ1) is 21.8. The van der Waals surface area contributed by atoms with Gasteiger partial charge in [-0.2, -0.15) is 9.59 Å². The second-order valence-corrected chi connectivity index (χ2v) is 8.06. The SMILES string of the molecule is Cc1cc(N)c2c(OCC3CCCN3C(=O)C3CCCCC3)cccc2n1.O=C=O. The zero-order chi connectivity index (χ0) is 21.5. The van der Waals surface area contributed by atoms with E-state index in [0.717, 1.165) is 54.6 Å². The van der Waals surface area contributed by atoms with E-state index in [0.29, 0.717) is 18.2 Å². The van der Waals surface area contributed by atoms with Crippen molar-refractivity contribution in [3.63, 3.8) is 0 Å². The van der Waals surface area contributed by atoms with E-state index in [4.69, 9.17) is 20.1 Å². The molecule has 1 aromatic heterocycles. The molecule has 0 spiro atoms. The first-order chi connectivity index (χ1) is 14.5. The number of likely N-dealkylation sites (tertiary alicyclic amines) is 1. The molecule has 1 aromatic carbocycles. The van der Waals surface area contributed by atoms with Crippen molar-refractivity contribution in [3.05, 3.63) is 30.0 Å². The van der Waals surface area contributed by atoms with Gasteiger partial charge in [-0.1, -0.05) is 25.3 Å². The van der Waals surface area contributed by atoms with Gasteiger partial charge in [-0.3, -0.25) is 9.78 Å². The van der Waals surface area contributed by atoms with Gasteiger partial charge in [0.2, 0.25) is 5.91 Å². The van der Waals surface area contributed by atoms with E-state index in [1.54, 1.807) is 0 Å². The summed E-state index contributed by atoms with van der Waals surface area (Å²) in [5.74, 6) is 1.32. The summed E-state index contributed by atoms with van der Waals surface area (Å²) < 4.78 is 6.18. The molecule has 30 heavy (non-hydrogen) atoms. The Morgan fingerprint density at radius 3 is 2.67 bits per heavy atom. The van der Waals surface area contributed by atoms with Gasteiger partial charge >= 0.3 is 6.15 Å². The monoisotopic (exact) mass is 411 g/mol. The minimum absolute atomic E-state index is 0.161. The van der Waals surface area contributed by atoms with Gasteiger partial charge < -0.3 is 15.4 Å². The number of hydrogen-bond donors (Lipinski definition) is 1. The van der Waals surface area contributed by atoms with Crippen molar-refractivity contribution in [3.8, 4) is 5.75 Å². The molecular weight excluding hydrogens is 382 g/mol. The molecule has 1 aliphatic carbocycles. The number of rotatable bonds is 4. The van der Waals surface area contributed by atoms with E-state index < -0.39 is 0 Å². The number of nitrogens with two attached hydrogens (primary N) is 1. The van der Waals surface area contributed by atoms with Crippen LogP contribution in [0.5, 0.6) is 5.75 Å². The fourth-order valence-electron chi connectivity index (χ4n) is 4.61. The summed E-state index contributed by atoms with van der Waals surface area (Å²) in [5.41, 5.74) is 8.67. The molecule has 4 rings (SSSR count). The summed E-state index contributed by atoms with van der Waals surface area (Å²) in [4.78, 5) is 35.8. The molecule has 0 bridgehead atoms. The van der Waals surface area contributed by atoms with Gasteiger partial charge in [0.25, 0.3) is 0 Å². The summed E-state index contributed by atoms with van der Waals surface area (Å²) in [6.07, 6.45) is 8.06. The van der Waals surface area contributed by atoms with E-state index in [1.807, 2.05) is 31.2 Å². The number of nitrogen functional groups attached to an aromatic ring is 1. The second kappa shape index (κ2) is 10.2. The van der Waals surface area contributed by atoms with Gasteiger partial charge in [0, 0.05) is 23.8 Å². The molecule has 160 valence electrons. The van der Waals surface area contributed by atoms with E-state index in [1.165, 1.54) is 19.3 Å². The number of ether oxygens (including phenoxy) is 1. The highest BCUT2D eigenvalue weighted by atomic mass is 16.5. The molecule has 1 atom stereocenters. The largest absolute Gasteiger partial charge is 0.491 e. The van der Waals surface area contributed by atoms with Crippen molar-refractivity contribution >= 4 is 28.6 Å². The summed E-state index contributed by atoms with van der Waals surface area (Å²) >= 11 is 0. The molecule has 2 N–H and O–H groups in total. The number of nitrogens with zero attached hydrogens (tertiary/aromatic N) is 2. The molecule has 2 fully saturated rings. The minimum atomic E-state index is 0.161. The summed E-state index contributed by atoms with van der Waals surface area (Å²) in [6.45, 7) is 3.32. The van der Waals surface area contributed by atoms with Crippen LogP contribution in [0.3, 0.4) is 0 Å². The van der Waals surface area contributed by atoms with E-state index in [2.05, 4.69) is 9.88 Å². The fourth-order valence-corrected chi connectivity index (χ4v) is 4.61. The molecule has 2 aromatic rings. The van der Waals surface area contributed by atoms with Crippen LogP contribution in [0.1, 0.15) is 50.6 Å². The standard InChI is InChI=1S/C22H29N3O2.CO2/c1-15-13-18(23)21-19(24-15)10-5-11-20(21)27-14-17-9-6-12-25(17)22(26)16-7-3-2-4-8-16;2-1-3/h5,10-11,13,16-17H,2-4,6-9,12,14H2,1H3,(H2,23,24);. The predicted octanol–water partition coefficient (Wildman–Crippen LogP) is 3.49. The number of fused-ring (bicyclic) bond motifs is 1. The average molecular weight is 412 g/mol. The number of hydrogen-bond acceptors (Lipinski definition) is 6. The Kier molecular flexibility index (Phi) is 7.41. The smallest absolute Gasteiger partial charge is 0.373 e. The lowest BCUT2D eigenvalue weighted by atomic mass is 9.88. The van der Waals surface area contributed by atoms with Crippen LogP contribution in [0.4, 0.5) is 5.69 Å². The Labute approximate surface area is 176 Å². The van der Waals surface area contributed by atoms with Gasteiger partial charge in [-0.05, 0) is 50.8 Å². The molecule has 1 saturated carbocycles. The van der Waals surface area contributed by atoms with Gasteiger partial charge in [0.1, 0.15) is 12.4 Å². The Morgan fingerprint density at radius 2 is 1.93 bits per heavy atom. The lowest BCUT2D eigenvalue weighted by molar-refractivity contribution is -0.191. The van der Waals surface area contributed by atoms with Crippen LogP contribution in [-0.2, 0) is 14.4 Å². The topological polar surface area (TPSA) is 103 Å². The van der Waals surface area contributed by atoms with Crippen LogP contribution >= 0.6 is 0 Å². The molecule has 1 amide bonds. The van der Waals surface area contributed by atoms with Gasteiger partial charge in [-0.25, -0.2) is 0 Å². The van der Waals surface area contributed by atoms with Crippen molar-refractivity contribution in [2.75, 3.05) is 18.9 Å². The predicted molar refractivity (Wildman–Crippen MR) is 113 cm³/mol. The number of pyridine rings is 1. The Hall–Kier alpha value is -2.92. The van der Waals surface area contributed by atoms with Crippen LogP contribution in [-0.4, -0.2) is 41.1 Å². The number of carbonyl (C=O) groups is 1. The first-order valence-electron chi connectivity index (χ1n) is 10.6. The van der Waals surface area contributed by atoms with Crippen molar-refractivity contribution < 1.29 is 19.1 Å². The van der Waals surface area contributed by atoms with Crippen LogP contribution < -0.4 is 10.5 Å². The molecule has 1 aliphatic heterocycles. The van der Waals surface area contributed by atoms with Crippen LogP contribution in [0.25, 0.3) is 10.9 Å². The lowest BCUT2D eigenvalue weighted by Gasteiger charge is -2.30. The third kappa shape index (κ3) is 4.97. The molecule has 7 heteroatoms. The Morgan fingerprint density at radius 1 is 1.20 bits per heavy atom. The highest BCUT2D eigenvalue weighted by Gasteiger charge is 2.34. The summed E-state index contributed by atoms with van der Waals surface area (Å²) in [6, 6.07) is 7.89. The number of benzene rings is 1. The molecule has 1 saturated heterocycles. The molecule has 1 unspecified atom stereocenters. The number of amides is 1. The number of anilines is 1. The number of aryl methyl sites for hydroxylation is 1. The third-order valence-corrected chi connectivity index (χ3v) is 6.00. The van der Waals surface area contributed by atoms with E-state index in [9.17, 15) is 4.79 Å². The van der Waals surface area contributed by atoms with E-state index in [-0.39, 0.29) is 18.1 Å². The molecule has 2 aliphatic rings. The van der Waals surface area contributed by atoms with Crippen molar-refractivity contribution in [1.82, 2.24) is 9.88 Å². The van der Waals surface area contributed by atoms with E-state index >= 15 is 0 Å². The van der Waals surface area contributed by atoms with Gasteiger partial charge in [-0.15, -0.1) is 0 Å². The summed E-state index contributed by atoms with van der Waals surface area (Å²) in [5, 5.41) is 0.867. The number of carbonyl (C=O) groups excluding carboxylic acids is 3. The van der Waals surface area contributed by atoms with Crippen LogP contribution in [0.2, 0.25) is 0 Å². The molecule has 2 heterocycles. The summed E-state index contributed by atoms with van der Waals surface area (Å²) in [7, 11) is 0. The normalized spacial score (nSPS) is 19.1. The fraction of sp³-hybridized carbons (Fsp3) is 0.522. The molecule has 0 radical (unpaired) electrons. The highest BCUT2D eigenvalue weighted by molar-refractivity contribution is 5.95. The quantitative estimate of drug-likeness (QED) is 0.826. The molecule has 7 nitrogen and oxygen atoms in total. The Bertz CT molecular complexity index is 918. The third-order valence-electron chi connectivity index (χ3n) is 6.00.